The Balaban J connectivity index is 1.96. The third-order valence-corrected chi connectivity index (χ3v) is 4.83. The number of aliphatic hydroxyl groups is 1. The first kappa shape index (κ1) is 14.2. The van der Waals surface area contributed by atoms with Gasteiger partial charge in [-0.3, -0.25) is 0 Å². The van der Waals surface area contributed by atoms with E-state index in [4.69, 9.17) is 5.73 Å². The van der Waals surface area contributed by atoms with Gasteiger partial charge in [-0.1, -0.05) is 30.3 Å². The molecular weight excluding hydrogens is 285 g/mol. The van der Waals surface area contributed by atoms with E-state index in [1.54, 1.807) is 23.5 Å². The molecule has 2 unspecified atom stereocenters. The summed E-state index contributed by atoms with van der Waals surface area (Å²) in [5.41, 5.74) is 6.53. The van der Waals surface area contributed by atoms with Crippen LogP contribution < -0.4 is 5.73 Å². The Morgan fingerprint density at radius 1 is 1.10 bits per heavy atom. The third-order valence-electron chi connectivity index (χ3n) is 3.65. The Hall–Kier alpha value is -1.75. The molecule has 0 fully saturated rings. The Bertz CT molecular complexity index is 722. The van der Waals surface area contributed by atoms with E-state index in [2.05, 4.69) is 0 Å². The normalized spacial score (nSPS) is 14.2. The molecule has 2 aromatic carbocycles. The standard InChI is InChI=1S/C17H16FNOS/c18-13-6-3-5-11(8-13)14(10-19)17(20)16-9-12-4-1-2-7-15(12)21-16/h1-9,14,17,20H,10,19H2. The van der Waals surface area contributed by atoms with Gasteiger partial charge in [0.25, 0.3) is 0 Å². The van der Waals surface area contributed by atoms with Crippen LogP contribution in [0.25, 0.3) is 10.1 Å². The number of benzene rings is 2. The highest BCUT2D eigenvalue weighted by molar-refractivity contribution is 7.19. The first-order valence-corrected chi connectivity index (χ1v) is 7.63. The molecule has 2 atom stereocenters. The lowest BCUT2D eigenvalue weighted by atomic mass is 9.92. The summed E-state index contributed by atoms with van der Waals surface area (Å²) in [6.45, 7) is 0.263. The van der Waals surface area contributed by atoms with Crippen LogP contribution >= 0.6 is 11.3 Å². The minimum Gasteiger partial charge on any atom is -0.387 e. The second kappa shape index (κ2) is 5.93. The summed E-state index contributed by atoms with van der Waals surface area (Å²) < 4.78 is 14.5. The van der Waals surface area contributed by atoms with Crippen molar-refractivity contribution in [2.24, 2.45) is 5.73 Å². The van der Waals surface area contributed by atoms with Crippen molar-refractivity contribution in [2.45, 2.75) is 12.0 Å². The molecule has 0 aliphatic rings. The highest BCUT2D eigenvalue weighted by Crippen LogP contribution is 2.37. The zero-order valence-corrected chi connectivity index (χ0v) is 12.2. The van der Waals surface area contributed by atoms with Crippen molar-refractivity contribution in [2.75, 3.05) is 6.54 Å². The summed E-state index contributed by atoms with van der Waals surface area (Å²) in [6.07, 6.45) is -0.728. The Kier molecular flexibility index (Phi) is 4.01. The fraction of sp³-hybridized carbons (Fsp3) is 0.176. The van der Waals surface area contributed by atoms with Crippen LogP contribution in [0, 0.1) is 5.82 Å². The lowest BCUT2D eigenvalue weighted by Gasteiger charge is -2.21. The van der Waals surface area contributed by atoms with E-state index in [-0.39, 0.29) is 18.3 Å². The van der Waals surface area contributed by atoms with Crippen molar-refractivity contribution in [3.63, 3.8) is 0 Å². The van der Waals surface area contributed by atoms with Crippen molar-refractivity contribution in [1.82, 2.24) is 0 Å². The second-order valence-electron chi connectivity index (χ2n) is 5.03. The van der Waals surface area contributed by atoms with Gasteiger partial charge in [0.1, 0.15) is 5.82 Å². The fourth-order valence-electron chi connectivity index (χ4n) is 2.53. The van der Waals surface area contributed by atoms with Gasteiger partial charge in [-0.2, -0.15) is 0 Å². The molecule has 3 N–H and O–H groups in total. The van der Waals surface area contributed by atoms with Gasteiger partial charge in [0.2, 0.25) is 0 Å². The predicted octanol–water partition coefficient (Wildman–Crippen LogP) is 3.82. The van der Waals surface area contributed by atoms with Crippen LogP contribution in [0.4, 0.5) is 4.39 Å². The predicted molar refractivity (Wildman–Crippen MR) is 85.0 cm³/mol. The Morgan fingerprint density at radius 3 is 2.62 bits per heavy atom. The molecule has 0 bridgehead atoms. The molecule has 3 rings (SSSR count). The molecule has 3 aromatic rings. The molecule has 2 nitrogen and oxygen atoms in total. The number of nitrogens with two attached hydrogens (primary N) is 1. The maximum Gasteiger partial charge on any atom is 0.123 e. The Morgan fingerprint density at radius 2 is 1.90 bits per heavy atom. The van der Waals surface area contributed by atoms with E-state index in [0.29, 0.717) is 0 Å². The zero-order chi connectivity index (χ0) is 14.8. The topological polar surface area (TPSA) is 46.2 Å². The van der Waals surface area contributed by atoms with Gasteiger partial charge in [0.15, 0.2) is 0 Å². The van der Waals surface area contributed by atoms with Crippen LogP contribution in [0.3, 0.4) is 0 Å². The van der Waals surface area contributed by atoms with E-state index in [1.165, 1.54) is 12.1 Å². The Labute approximate surface area is 126 Å². The molecule has 0 aliphatic carbocycles. The molecule has 108 valence electrons. The number of aliphatic hydroxyl groups excluding tert-OH is 1. The lowest BCUT2D eigenvalue weighted by molar-refractivity contribution is 0.151. The van der Waals surface area contributed by atoms with Crippen LogP contribution in [-0.2, 0) is 0 Å². The number of hydrogen-bond acceptors (Lipinski definition) is 3. The molecular formula is C17H16FNOS. The minimum absolute atomic E-state index is 0.263. The average molecular weight is 301 g/mol. The summed E-state index contributed by atoms with van der Waals surface area (Å²) in [6, 6.07) is 16.2. The summed E-state index contributed by atoms with van der Waals surface area (Å²) in [5.74, 6) is -0.622. The molecule has 4 heteroatoms. The summed E-state index contributed by atoms with van der Waals surface area (Å²) >= 11 is 1.55. The molecule has 0 aliphatic heterocycles. The summed E-state index contributed by atoms with van der Waals surface area (Å²) in [5, 5.41) is 11.7. The number of rotatable bonds is 4. The van der Waals surface area contributed by atoms with Gasteiger partial charge in [-0.25, -0.2) is 4.39 Å². The van der Waals surface area contributed by atoms with Crippen LogP contribution in [0.1, 0.15) is 22.5 Å². The number of hydrogen-bond donors (Lipinski definition) is 2. The highest BCUT2D eigenvalue weighted by Gasteiger charge is 2.23. The highest BCUT2D eigenvalue weighted by atomic mass is 32.1. The molecule has 21 heavy (non-hydrogen) atoms. The lowest BCUT2D eigenvalue weighted by Crippen LogP contribution is -2.19. The molecule has 0 radical (unpaired) electrons. The van der Waals surface area contributed by atoms with Crippen molar-refractivity contribution in [3.8, 4) is 0 Å². The summed E-state index contributed by atoms with van der Waals surface area (Å²) in [7, 11) is 0. The maximum atomic E-state index is 13.4. The van der Waals surface area contributed by atoms with Gasteiger partial charge in [-0.05, 0) is 35.2 Å². The molecule has 0 amide bonds. The number of halogens is 1. The van der Waals surface area contributed by atoms with E-state index >= 15 is 0 Å². The SMILES string of the molecule is NCC(c1cccc(F)c1)C(O)c1cc2ccccc2s1. The van der Waals surface area contributed by atoms with Gasteiger partial charge in [0.05, 0.1) is 6.10 Å². The monoisotopic (exact) mass is 301 g/mol. The third kappa shape index (κ3) is 2.83. The summed E-state index contributed by atoms with van der Waals surface area (Å²) in [4.78, 5) is 0.857. The van der Waals surface area contributed by atoms with Gasteiger partial charge in [-0.15, -0.1) is 11.3 Å². The number of fused-ring (bicyclic) bond motifs is 1. The van der Waals surface area contributed by atoms with Gasteiger partial charge < -0.3 is 10.8 Å². The molecule has 1 aromatic heterocycles. The second-order valence-corrected chi connectivity index (χ2v) is 6.14. The first-order chi connectivity index (χ1) is 10.2. The van der Waals surface area contributed by atoms with Crippen molar-refractivity contribution in [3.05, 3.63) is 70.9 Å². The van der Waals surface area contributed by atoms with Crippen molar-refractivity contribution < 1.29 is 9.50 Å². The van der Waals surface area contributed by atoms with Crippen LogP contribution in [-0.4, -0.2) is 11.7 Å². The largest absolute Gasteiger partial charge is 0.387 e. The molecule has 0 saturated carbocycles. The average Bonchev–Trinajstić information content (AvgIpc) is 2.92. The number of thiophene rings is 1. The van der Waals surface area contributed by atoms with E-state index in [1.807, 2.05) is 30.3 Å². The molecule has 0 saturated heterocycles. The van der Waals surface area contributed by atoms with Crippen molar-refractivity contribution >= 4 is 21.4 Å². The molecule has 1 heterocycles. The maximum absolute atomic E-state index is 13.4. The first-order valence-electron chi connectivity index (χ1n) is 6.81. The smallest absolute Gasteiger partial charge is 0.123 e. The van der Waals surface area contributed by atoms with Gasteiger partial charge in [0, 0.05) is 22.0 Å². The van der Waals surface area contributed by atoms with Crippen LogP contribution in [0.5, 0.6) is 0 Å². The van der Waals surface area contributed by atoms with Crippen LogP contribution in [0.2, 0.25) is 0 Å². The zero-order valence-electron chi connectivity index (χ0n) is 11.4. The van der Waals surface area contributed by atoms with Crippen molar-refractivity contribution in [1.29, 1.82) is 0 Å². The van der Waals surface area contributed by atoms with Gasteiger partial charge >= 0.3 is 0 Å². The van der Waals surface area contributed by atoms with E-state index in [9.17, 15) is 9.50 Å². The minimum atomic E-state index is -0.728. The van der Waals surface area contributed by atoms with E-state index in [0.717, 1.165) is 20.5 Å². The molecule has 0 spiro atoms. The van der Waals surface area contributed by atoms with E-state index < -0.39 is 6.10 Å². The quantitative estimate of drug-likeness (QED) is 0.769. The van der Waals surface area contributed by atoms with Crippen LogP contribution in [0.15, 0.2) is 54.6 Å². The fourth-order valence-corrected chi connectivity index (χ4v) is 3.65.